The number of carbonyl (C=O) groups is 1. The molecule has 2 aromatic rings. The second kappa shape index (κ2) is 5.72. The van der Waals surface area contributed by atoms with Gasteiger partial charge in [0.05, 0.1) is 28.8 Å². The number of hydrogen-bond acceptors (Lipinski definition) is 3. The Morgan fingerprint density at radius 1 is 1.35 bits per heavy atom. The topological polar surface area (TPSA) is 56.2 Å². The van der Waals surface area contributed by atoms with Gasteiger partial charge in [-0.3, -0.25) is 4.79 Å². The molecule has 1 aromatic carbocycles. The van der Waals surface area contributed by atoms with Crippen molar-refractivity contribution in [2.24, 2.45) is 7.05 Å². The minimum atomic E-state index is -0.574. The highest BCUT2D eigenvalue weighted by atomic mass is 16.5. The van der Waals surface area contributed by atoms with Gasteiger partial charge in [-0.1, -0.05) is 12.1 Å². The lowest BCUT2D eigenvalue weighted by Gasteiger charge is -2.28. The zero-order valence-corrected chi connectivity index (χ0v) is 14.1. The van der Waals surface area contributed by atoms with Crippen LogP contribution in [0.5, 0.6) is 0 Å². The fourth-order valence-corrected chi connectivity index (χ4v) is 3.13. The summed E-state index contributed by atoms with van der Waals surface area (Å²) < 4.78 is 7.54. The highest BCUT2D eigenvalue weighted by molar-refractivity contribution is 5.94. The number of carbonyl (C=O) groups excluding carboxylic acids is 1. The number of allylic oxidation sites excluding steroid dienone is 1. The normalized spacial score (nSPS) is 15.7. The molecule has 0 saturated heterocycles. The van der Waals surface area contributed by atoms with Crippen molar-refractivity contribution in [1.29, 1.82) is 0 Å². The lowest BCUT2D eigenvalue weighted by Crippen LogP contribution is -2.44. The molecule has 23 heavy (non-hydrogen) atoms. The van der Waals surface area contributed by atoms with Crippen molar-refractivity contribution in [2.45, 2.75) is 39.2 Å². The molecule has 1 aliphatic heterocycles. The van der Waals surface area contributed by atoms with E-state index in [0.29, 0.717) is 6.61 Å². The summed E-state index contributed by atoms with van der Waals surface area (Å²) in [6, 6.07) is 7.98. The van der Waals surface area contributed by atoms with Crippen LogP contribution in [0.2, 0.25) is 0 Å². The van der Waals surface area contributed by atoms with Gasteiger partial charge < -0.3 is 14.6 Å². The van der Waals surface area contributed by atoms with Crippen molar-refractivity contribution in [3.05, 3.63) is 41.4 Å². The number of fused-ring (bicyclic) bond motifs is 1. The Labute approximate surface area is 136 Å². The van der Waals surface area contributed by atoms with Gasteiger partial charge in [-0.15, -0.1) is 0 Å². The molecule has 1 aromatic heterocycles. The van der Waals surface area contributed by atoms with E-state index in [0.717, 1.165) is 41.0 Å². The number of para-hydroxylation sites is 2. The van der Waals surface area contributed by atoms with E-state index in [1.807, 2.05) is 56.7 Å². The fraction of sp³-hybridized carbons (Fsp3) is 0.444. The number of imidazole rings is 1. The lowest BCUT2D eigenvalue weighted by atomic mass is 10.0. The van der Waals surface area contributed by atoms with E-state index in [1.165, 1.54) is 0 Å². The molecule has 1 aliphatic rings. The van der Waals surface area contributed by atoms with Crippen LogP contribution in [0.15, 0.2) is 35.6 Å². The highest BCUT2D eigenvalue weighted by Crippen LogP contribution is 2.26. The largest absolute Gasteiger partial charge is 0.498 e. The Kier molecular flexibility index (Phi) is 3.88. The molecule has 5 nitrogen and oxygen atoms in total. The average molecular weight is 313 g/mol. The van der Waals surface area contributed by atoms with Crippen molar-refractivity contribution in [3.63, 3.8) is 0 Å². The van der Waals surface area contributed by atoms with Crippen LogP contribution < -0.4 is 5.32 Å². The maximum atomic E-state index is 12.6. The van der Waals surface area contributed by atoms with E-state index >= 15 is 0 Å². The first-order valence-corrected chi connectivity index (χ1v) is 7.97. The maximum absolute atomic E-state index is 12.6. The molecule has 5 heteroatoms. The van der Waals surface area contributed by atoms with E-state index in [9.17, 15) is 4.79 Å². The van der Waals surface area contributed by atoms with Crippen LogP contribution in [0.4, 0.5) is 0 Å². The van der Waals surface area contributed by atoms with Gasteiger partial charge in [0.2, 0.25) is 0 Å². The Hall–Kier alpha value is -2.30. The molecule has 0 radical (unpaired) electrons. The molecule has 0 aliphatic carbocycles. The van der Waals surface area contributed by atoms with Gasteiger partial charge in [0.1, 0.15) is 11.6 Å². The molecule has 0 saturated carbocycles. The van der Waals surface area contributed by atoms with Crippen LogP contribution in [0.3, 0.4) is 0 Å². The summed E-state index contributed by atoms with van der Waals surface area (Å²) in [7, 11) is 1.98. The minimum Gasteiger partial charge on any atom is -0.498 e. The predicted molar refractivity (Wildman–Crippen MR) is 89.8 cm³/mol. The van der Waals surface area contributed by atoms with Gasteiger partial charge in [0, 0.05) is 7.05 Å². The van der Waals surface area contributed by atoms with Gasteiger partial charge in [0.25, 0.3) is 5.91 Å². The number of amides is 1. The maximum Gasteiger partial charge on any atom is 0.251 e. The van der Waals surface area contributed by atoms with Crippen molar-refractivity contribution in [1.82, 2.24) is 14.9 Å². The van der Waals surface area contributed by atoms with E-state index in [2.05, 4.69) is 5.32 Å². The predicted octanol–water partition coefficient (Wildman–Crippen LogP) is 3.01. The summed E-state index contributed by atoms with van der Waals surface area (Å²) in [6.45, 7) is 6.50. The number of hydrogen-bond donors (Lipinski definition) is 1. The Morgan fingerprint density at radius 3 is 2.78 bits per heavy atom. The molecule has 3 rings (SSSR count). The molecule has 122 valence electrons. The number of aromatic nitrogens is 2. The average Bonchev–Trinajstić information content (AvgIpc) is 2.86. The standard InChI is InChI=1S/C18H23N3O2/c1-12-13(8-7-11-23-12)16(22)20-18(2,3)17-19-14-9-5-6-10-15(14)21(17)4/h5-6,9-10H,7-8,11H2,1-4H3,(H,20,22). The molecule has 1 amide bonds. The summed E-state index contributed by atoms with van der Waals surface area (Å²) in [5.74, 6) is 1.50. The molecule has 0 unspecified atom stereocenters. The van der Waals surface area contributed by atoms with Crippen molar-refractivity contribution < 1.29 is 9.53 Å². The van der Waals surface area contributed by atoms with Gasteiger partial charge in [0.15, 0.2) is 0 Å². The number of nitrogens with zero attached hydrogens (tertiary/aromatic N) is 2. The fourth-order valence-electron chi connectivity index (χ4n) is 3.13. The lowest BCUT2D eigenvalue weighted by molar-refractivity contribution is -0.119. The van der Waals surface area contributed by atoms with E-state index in [-0.39, 0.29) is 5.91 Å². The molecule has 2 heterocycles. The van der Waals surface area contributed by atoms with Crippen LogP contribution >= 0.6 is 0 Å². The minimum absolute atomic E-state index is 0.0701. The van der Waals surface area contributed by atoms with E-state index < -0.39 is 5.54 Å². The molecule has 0 bridgehead atoms. The SMILES string of the molecule is CC1=C(C(=O)NC(C)(C)c2nc3ccccc3n2C)CCCO1. The molecule has 1 N–H and O–H groups in total. The molecule has 0 spiro atoms. The third-order valence-electron chi connectivity index (χ3n) is 4.36. The third-order valence-corrected chi connectivity index (χ3v) is 4.36. The number of ether oxygens (including phenoxy) is 1. The van der Waals surface area contributed by atoms with Gasteiger partial charge in [-0.25, -0.2) is 4.98 Å². The van der Waals surface area contributed by atoms with Crippen molar-refractivity contribution >= 4 is 16.9 Å². The summed E-state index contributed by atoms with van der Waals surface area (Å²) >= 11 is 0. The summed E-state index contributed by atoms with van der Waals surface area (Å²) in [6.07, 6.45) is 1.64. The zero-order valence-electron chi connectivity index (χ0n) is 14.1. The number of nitrogens with one attached hydrogen (secondary N) is 1. The third kappa shape index (κ3) is 2.83. The number of aryl methyl sites for hydroxylation is 1. The van der Waals surface area contributed by atoms with Crippen LogP contribution in [-0.4, -0.2) is 22.1 Å². The van der Waals surface area contributed by atoms with Gasteiger partial charge in [-0.2, -0.15) is 0 Å². The number of benzene rings is 1. The second-order valence-electron chi connectivity index (χ2n) is 6.55. The van der Waals surface area contributed by atoms with E-state index in [1.54, 1.807) is 0 Å². The smallest absolute Gasteiger partial charge is 0.251 e. The molecular formula is C18H23N3O2. The van der Waals surface area contributed by atoms with Crippen molar-refractivity contribution in [3.8, 4) is 0 Å². The Bertz CT molecular complexity index is 787. The Morgan fingerprint density at radius 2 is 2.09 bits per heavy atom. The molecule has 0 atom stereocenters. The van der Waals surface area contributed by atoms with Gasteiger partial charge in [-0.05, 0) is 45.7 Å². The monoisotopic (exact) mass is 313 g/mol. The first kappa shape index (κ1) is 15.6. The van der Waals surface area contributed by atoms with E-state index in [4.69, 9.17) is 9.72 Å². The second-order valence-corrected chi connectivity index (χ2v) is 6.55. The molecule has 0 fully saturated rings. The first-order chi connectivity index (χ1) is 10.9. The summed E-state index contributed by atoms with van der Waals surface area (Å²) in [4.78, 5) is 17.3. The number of rotatable bonds is 3. The van der Waals surface area contributed by atoms with Crippen LogP contribution in [-0.2, 0) is 22.1 Å². The van der Waals surface area contributed by atoms with Crippen LogP contribution in [0.25, 0.3) is 11.0 Å². The molecular weight excluding hydrogens is 290 g/mol. The highest BCUT2D eigenvalue weighted by Gasteiger charge is 2.30. The summed E-state index contributed by atoms with van der Waals surface area (Å²) in [5.41, 5.74) is 2.16. The quantitative estimate of drug-likeness (QED) is 0.947. The Balaban J connectivity index is 1.91. The first-order valence-electron chi connectivity index (χ1n) is 7.97. The van der Waals surface area contributed by atoms with Crippen molar-refractivity contribution in [2.75, 3.05) is 6.61 Å². The van der Waals surface area contributed by atoms with Gasteiger partial charge >= 0.3 is 0 Å². The zero-order chi connectivity index (χ0) is 16.6. The summed E-state index contributed by atoms with van der Waals surface area (Å²) in [5, 5.41) is 3.11. The van der Waals surface area contributed by atoms with Crippen LogP contribution in [0, 0.1) is 0 Å². The van der Waals surface area contributed by atoms with Crippen LogP contribution in [0.1, 0.15) is 39.4 Å².